The zero-order valence-electron chi connectivity index (χ0n) is 12.2. The normalized spacial score (nSPS) is 11.4. The molecule has 0 saturated heterocycles. The van der Waals surface area contributed by atoms with Gasteiger partial charge in [0.2, 0.25) is 0 Å². The summed E-state index contributed by atoms with van der Waals surface area (Å²) in [6.45, 7) is 0. The van der Waals surface area contributed by atoms with E-state index in [0.717, 1.165) is 22.3 Å². The van der Waals surface area contributed by atoms with Crippen molar-refractivity contribution in [1.82, 2.24) is 0 Å². The van der Waals surface area contributed by atoms with Crippen LogP contribution in [0.1, 0.15) is 0 Å². The highest BCUT2D eigenvalue weighted by Gasteiger charge is 2.23. The molecular weight excluding hydrogens is 284 g/mol. The van der Waals surface area contributed by atoms with Gasteiger partial charge in [-0.15, -0.1) is 0 Å². The van der Waals surface area contributed by atoms with Crippen LogP contribution in [0.15, 0.2) is 77.1 Å². The summed E-state index contributed by atoms with van der Waals surface area (Å²) in [5.41, 5.74) is 9.33. The lowest BCUT2D eigenvalue weighted by atomic mass is 10.1. The van der Waals surface area contributed by atoms with E-state index in [1.54, 1.807) is 6.07 Å². The Hall–Kier alpha value is -3.63. The van der Waals surface area contributed by atoms with Crippen molar-refractivity contribution in [2.45, 2.75) is 0 Å². The van der Waals surface area contributed by atoms with Crippen molar-refractivity contribution < 1.29 is 0 Å². The molecule has 0 amide bonds. The van der Waals surface area contributed by atoms with Gasteiger partial charge < -0.3 is 5.73 Å². The van der Waals surface area contributed by atoms with Crippen molar-refractivity contribution in [2.24, 2.45) is 10.7 Å². The lowest BCUT2D eigenvalue weighted by molar-refractivity contribution is 1.23. The van der Waals surface area contributed by atoms with Crippen LogP contribution in [0.2, 0.25) is 0 Å². The zero-order chi connectivity index (χ0) is 16.2. The Bertz CT molecular complexity index is 919. The van der Waals surface area contributed by atoms with E-state index in [1.807, 2.05) is 66.7 Å². The van der Waals surface area contributed by atoms with Gasteiger partial charge in [0.25, 0.3) is 0 Å². The highest BCUT2D eigenvalue weighted by molar-refractivity contribution is 5.93. The highest BCUT2D eigenvalue weighted by Crippen LogP contribution is 2.34. The number of nitrogens with two attached hydrogens (primary N) is 1. The van der Waals surface area contributed by atoms with Gasteiger partial charge in [-0.25, -0.2) is 4.99 Å². The van der Waals surface area contributed by atoms with Crippen LogP contribution in [-0.2, 0) is 0 Å². The summed E-state index contributed by atoms with van der Waals surface area (Å²) < 4.78 is 0. The quantitative estimate of drug-likeness (QED) is 0.754. The minimum Gasteiger partial charge on any atom is -0.388 e. The molecule has 0 heterocycles. The Morgan fingerprint density at radius 2 is 1.26 bits per heavy atom. The average molecular weight is 296 g/mol. The van der Waals surface area contributed by atoms with E-state index in [-0.39, 0.29) is 11.4 Å². The van der Waals surface area contributed by atoms with Gasteiger partial charge in [-0.1, -0.05) is 60.7 Å². The molecule has 0 spiro atoms. The van der Waals surface area contributed by atoms with Gasteiger partial charge in [-0.3, -0.25) is 0 Å². The van der Waals surface area contributed by atoms with Crippen LogP contribution in [0, 0.1) is 22.7 Å². The van der Waals surface area contributed by atoms with Crippen LogP contribution < -0.4 is 11.1 Å². The SMILES string of the molecule is N#CC(N)=C(C#N)N=c1c(-c2ccccc2)c1-c1ccccc1. The van der Waals surface area contributed by atoms with Crippen LogP contribution in [0.5, 0.6) is 0 Å². The van der Waals surface area contributed by atoms with E-state index in [4.69, 9.17) is 16.3 Å². The Morgan fingerprint density at radius 3 is 1.65 bits per heavy atom. The van der Waals surface area contributed by atoms with Crippen molar-refractivity contribution in [3.8, 4) is 34.4 Å². The fraction of sp³-hybridized carbons (Fsp3) is 0. The molecule has 0 aromatic heterocycles. The lowest BCUT2D eigenvalue weighted by Crippen LogP contribution is -1.99. The molecule has 0 radical (unpaired) electrons. The van der Waals surface area contributed by atoms with Gasteiger partial charge in [0, 0.05) is 11.1 Å². The number of benzene rings is 2. The molecule has 3 aromatic rings. The van der Waals surface area contributed by atoms with Crippen LogP contribution >= 0.6 is 0 Å². The number of rotatable bonds is 3. The number of hydrogen-bond acceptors (Lipinski definition) is 4. The third-order valence-corrected chi connectivity index (χ3v) is 3.49. The molecule has 0 unspecified atom stereocenters. The largest absolute Gasteiger partial charge is 0.388 e. The maximum atomic E-state index is 9.15. The van der Waals surface area contributed by atoms with Gasteiger partial charge in [0.1, 0.15) is 17.8 Å². The van der Waals surface area contributed by atoms with Crippen molar-refractivity contribution in [3.63, 3.8) is 0 Å². The summed E-state index contributed by atoms with van der Waals surface area (Å²) in [5.74, 6) is 0. The smallest absolute Gasteiger partial charge is 0.175 e. The number of nitriles is 2. The second kappa shape index (κ2) is 6.01. The summed E-state index contributed by atoms with van der Waals surface area (Å²) in [5, 5.41) is 18.7. The van der Waals surface area contributed by atoms with Gasteiger partial charge in [0.05, 0.1) is 5.36 Å². The summed E-state index contributed by atoms with van der Waals surface area (Å²) in [6.07, 6.45) is 0. The molecule has 0 aliphatic heterocycles. The molecule has 0 saturated carbocycles. The van der Waals surface area contributed by atoms with Crippen molar-refractivity contribution >= 4 is 0 Å². The molecule has 4 heteroatoms. The van der Waals surface area contributed by atoms with E-state index in [0.29, 0.717) is 5.36 Å². The Kier molecular flexibility index (Phi) is 3.74. The highest BCUT2D eigenvalue weighted by atomic mass is 14.8. The minimum absolute atomic E-state index is 0.0538. The monoisotopic (exact) mass is 296 g/mol. The van der Waals surface area contributed by atoms with Crippen LogP contribution in [0.3, 0.4) is 0 Å². The fourth-order valence-electron chi connectivity index (χ4n) is 2.37. The number of nitrogens with zero attached hydrogens (tertiary/aromatic N) is 3. The van der Waals surface area contributed by atoms with E-state index in [9.17, 15) is 0 Å². The molecule has 0 atom stereocenters. The van der Waals surface area contributed by atoms with Crippen molar-refractivity contribution in [2.75, 3.05) is 0 Å². The second-order valence-corrected chi connectivity index (χ2v) is 4.93. The first kappa shape index (κ1) is 14.3. The van der Waals surface area contributed by atoms with Crippen LogP contribution in [-0.4, -0.2) is 0 Å². The fourth-order valence-corrected chi connectivity index (χ4v) is 2.37. The molecule has 3 rings (SSSR count). The van der Waals surface area contributed by atoms with E-state index in [2.05, 4.69) is 4.99 Å². The molecular formula is C19H12N4. The van der Waals surface area contributed by atoms with Gasteiger partial charge in [0.15, 0.2) is 5.70 Å². The third kappa shape index (κ3) is 2.74. The van der Waals surface area contributed by atoms with Crippen molar-refractivity contribution in [1.29, 1.82) is 10.5 Å². The number of allylic oxidation sites excluding steroid dienone is 2. The molecule has 108 valence electrons. The van der Waals surface area contributed by atoms with E-state index < -0.39 is 0 Å². The Morgan fingerprint density at radius 1 is 0.783 bits per heavy atom. The zero-order valence-corrected chi connectivity index (χ0v) is 12.2. The summed E-state index contributed by atoms with van der Waals surface area (Å²) >= 11 is 0. The topological polar surface area (TPSA) is 86.0 Å². The first-order valence-corrected chi connectivity index (χ1v) is 7.00. The first-order valence-electron chi connectivity index (χ1n) is 7.00. The molecule has 3 aromatic carbocycles. The summed E-state index contributed by atoms with van der Waals surface area (Å²) in [4.78, 5) is 4.31. The Balaban J connectivity index is 2.19. The minimum atomic E-state index is -0.174. The maximum absolute atomic E-state index is 9.15. The average Bonchev–Trinajstić information content (AvgIpc) is 3.34. The van der Waals surface area contributed by atoms with Gasteiger partial charge in [-0.05, 0) is 11.1 Å². The molecule has 23 heavy (non-hydrogen) atoms. The molecule has 0 aliphatic carbocycles. The van der Waals surface area contributed by atoms with E-state index in [1.165, 1.54) is 0 Å². The predicted molar refractivity (Wildman–Crippen MR) is 87.7 cm³/mol. The van der Waals surface area contributed by atoms with Crippen LogP contribution in [0.25, 0.3) is 22.3 Å². The molecule has 2 N–H and O–H groups in total. The first-order chi connectivity index (χ1) is 11.3. The second-order valence-electron chi connectivity index (χ2n) is 4.93. The lowest BCUT2D eigenvalue weighted by Gasteiger charge is -1.93. The van der Waals surface area contributed by atoms with E-state index >= 15 is 0 Å². The predicted octanol–water partition coefficient (Wildman–Crippen LogP) is 3.01. The number of hydrogen-bond donors (Lipinski definition) is 1. The third-order valence-electron chi connectivity index (χ3n) is 3.49. The molecule has 0 aliphatic rings. The van der Waals surface area contributed by atoms with Crippen LogP contribution in [0.4, 0.5) is 0 Å². The maximum Gasteiger partial charge on any atom is 0.175 e. The van der Waals surface area contributed by atoms with Gasteiger partial charge >= 0.3 is 0 Å². The van der Waals surface area contributed by atoms with Gasteiger partial charge in [-0.2, -0.15) is 10.5 Å². The summed E-state index contributed by atoms with van der Waals surface area (Å²) in [6, 6.07) is 23.3. The molecule has 4 nitrogen and oxygen atoms in total. The molecule has 0 bridgehead atoms. The molecule has 0 fully saturated rings. The standard InChI is InChI=1S/C19H12N4/c20-11-15(22)16(12-21)23-19-17(13-7-3-1-4-8-13)18(19)14-9-5-2-6-10-14/h1-10H,22H2. The Labute approximate surface area is 133 Å². The van der Waals surface area contributed by atoms with Crippen molar-refractivity contribution in [3.05, 3.63) is 77.4 Å². The summed E-state index contributed by atoms with van der Waals surface area (Å²) in [7, 11) is 0.